The predicted molar refractivity (Wildman–Crippen MR) is 79.3 cm³/mol. The summed E-state index contributed by atoms with van der Waals surface area (Å²) in [6, 6.07) is 6.81. The van der Waals surface area contributed by atoms with Crippen LogP contribution in [-0.4, -0.2) is 26.8 Å². The highest BCUT2D eigenvalue weighted by Crippen LogP contribution is 2.65. The summed E-state index contributed by atoms with van der Waals surface area (Å²) in [5.41, 5.74) is 5.27. The Labute approximate surface area is 128 Å². The topological polar surface area (TPSA) is 97.1 Å². The van der Waals surface area contributed by atoms with Gasteiger partial charge >= 0.3 is 13.6 Å². The highest BCUT2D eigenvalue weighted by Gasteiger charge is 2.47. The number of carbonyl (C=O) groups is 1. The summed E-state index contributed by atoms with van der Waals surface area (Å²) in [6.45, 7) is 1.81. The molecule has 1 aromatic rings. The number of hydrogen-bond acceptors (Lipinski definition) is 7. The fraction of sp³-hybridized carbons (Fsp3) is 0.357. The molecule has 1 aromatic carbocycles. The molecule has 2 rings (SSSR count). The standard InChI is InChI=1S/C14H18NO6P/c1-4-20-14(16)11-12(22(17,18-2)19-3)9-7-5-6-8-10(9)21-13(11)15/h5-8,12H,4,15H2,1-3H3. The molecule has 0 saturated heterocycles. The highest BCUT2D eigenvalue weighted by atomic mass is 31.2. The van der Waals surface area contributed by atoms with Gasteiger partial charge in [-0.1, -0.05) is 18.2 Å². The van der Waals surface area contributed by atoms with Crippen LogP contribution in [-0.2, 0) is 23.1 Å². The molecular weight excluding hydrogens is 309 g/mol. The van der Waals surface area contributed by atoms with Crippen LogP contribution in [0.5, 0.6) is 5.75 Å². The second-order valence-corrected chi connectivity index (χ2v) is 6.77. The Morgan fingerprint density at radius 1 is 1.32 bits per heavy atom. The third kappa shape index (κ3) is 2.75. The highest BCUT2D eigenvalue weighted by molar-refractivity contribution is 7.54. The first-order valence-corrected chi connectivity index (χ1v) is 8.24. The molecule has 22 heavy (non-hydrogen) atoms. The smallest absolute Gasteiger partial charge is 0.342 e. The molecule has 0 radical (unpaired) electrons. The predicted octanol–water partition coefficient (Wildman–Crippen LogP) is 2.34. The van der Waals surface area contributed by atoms with Crippen LogP contribution in [0.25, 0.3) is 0 Å². The Kier molecular flexibility index (Phi) is 4.90. The minimum atomic E-state index is -3.68. The normalized spacial score (nSPS) is 17.7. The van der Waals surface area contributed by atoms with E-state index in [1.165, 1.54) is 14.2 Å². The molecule has 0 amide bonds. The first-order valence-electron chi connectivity index (χ1n) is 6.63. The molecule has 1 unspecified atom stereocenters. The van der Waals surface area contributed by atoms with Gasteiger partial charge in [-0.05, 0) is 13.0 Å². The summed E-state index contributed by atoms with van der Waals surface area (Å²) < 4.78 is 33.5. The van der Waals surface area contributed by atoms with Gasteiger partial charge in [-0.3, -0.25) is 4.57 Å². The Morgan fingerprint density at radius 3 is 2.55 bits per heavy atom. The van der Waals surface area contributed by atoms with Crippen LogP contribution in [0.1, 0.15) is 18.1 Å². The second-order valence-electron chi connectivity index (χ2n) is 4.45. The van der Waals surface area contributed by atoms with E-state index in [-0.39, 0.29) is 18.1 Å². The lowest BCUT2D eigenvalue weighted by Gasteiger charge is -2.31. The van der Waals surface area contributed by atoms with Crippen molar-refractivity contribution < 1.29 is 27.9 Å². The number of rotatable bonds is 5. The van der Waals surface area contributed by atoms with Crippen LogP contribution >= 0.6 is 7.60 Å². The zero-order chi connectivity index (χ0) is 16.3. The third-order valence-corrected chi connectivity index (χ3v) is 5.48. The molecule has 120 valence electrons. The number of hydrogen-bond donors (Lipinski definition) is 1. The van der Waals surface area contributed by atoms with Gasteiger partial charge in [0.1, 0.15) is 17.0 Å². The SMILES string of the molecule is CCOC(=O)C1=C(N)Oc2ccccc2C1P(=O)(OC)OC. The zero-order valence-electron chi connectivity index (χ0n) is 12.6. The third-order valence-electron chi connectivity index (χ3n) is 3.29. The molecule has 0 spiro atoms. The van der Waals surface area contributed by atoms with Gasteiger partial charge in [0, 0.05) is 19.8 Å². The van der Waals surface area contributed by atoms with Crippen molar-refractivity contribution in [1.82, 2.24) is 0 Å². The molecule has 0 fully saturated rings. The van der Waals surface area contributed by atoms with E-state index in [9.17, 15) is 9.36 Å². The van der Waals surface area contributed by atoms with Crippen molar-refractivity contribution in [3.8, 4) is 5.75 Å². The molecule has 2 N–H and O–H groups in total. The number of para-hydroxylation sites is 1. The molecule has 7 nitrogen and oxygen atoms in total. The van der Waals surface area contributed by atoms with Crippen molar-refractivity contribution in [2.75, 3.05) is 20.8 Å². The summed E-state index contributed by atoms with van der Waals surface area (Å²) in [6.07, 6.45) is 0. The molecular formula is C14H18NO6P. The molecule has 0 aromatic heterocycles. The first-order chi connectivity index (χ1) is 10.5. The Hall–Kier alpha value is -1.82. The van der Waals surface area contributed by atoms with Crippen molar-refractivity contribution in [3.05, 3.63) is 41.3 Å². The Balaban J connectivity index is 2.65. The summed E-state index contributed by atoms with van der Waals surface area (Å²) in [4.78, 5) is 12.2. The molecule has 0 saturated carbocycles. The zero-order valence-corrected chi connectivity index (χ0v) is 13.5. The van der Waals surface area contributed by atoms with Crippen LogP contribution in [0.3, 0.4) is 0 Å². The van der Waals surface area contributed by atoms with Crippen molar-refractivity contribution >= 4 is 13.6 Å². The van der Waals surface area contributed by atoms with E-state index in [1.54, 1.807) is 31.2 Å². The molecule has 1 aliphatic heterocycles. The molecule has 1 atom stereocenters. The van der Waals surface area contributed by atoms with Crippen LogP contribution in [0.15, 0.2) is 35.7 Å². The number of benzene rings is 1. The van der Waals surface area contributed by atoms with E-state index < -0.39 is 19.2 Å². The fourth-order valence-electron chi connectivity index (χ4n) is 2.30. The number of ether oxygens (including phenoxy) is 2. The van der Waals surface area contributed by atoms with E-state index in [4.69, 9.17) is 24.3 Å². The molecule has 8 heteroatoms. The summed E-state index contributed by atoms with van der Waals surface area (Å²) in [7, 11) is -1.18. The molecule has 0 aliphatic carbocycles. The van der Waals surface area contributed by atoms with Crippen LogP contribution in [0.2, 0.25) is 0 Å². The van der Waals surface area contributed by atoms with E-state index in [2.05, 4.69) is 0 Å². The number of esters is 1. The van der Waals surface area contributed by atoms with Crippen molar-refractivity contribution in [2.24, 2.45) is 5.73 Å². The van der Waals surface area contributed by atoms with Gasteiger partial charge in [0.15, 0.2) is 0 Å². The van der Waals surface area contributed by atoms with Gasteiger partial charge in [-0.2, -0.15) is 0 Å². The van der Waals surface area contributed by atoms with Crippen molar-refractivity contribution in [1.29, 1.82) is 0 Å². The van der Waals surface area contributed by atoms with E-state index >= 15 is 0 Å². The Morgan fingerprint density at radius 2 is 1.95 bits per heavy atom. The van der Waals surface area contributed by atoms with Gasteiger partial charge in [0.2, 0.25) is 5.88 Å². The van der Waals surface area contributed by atoms with E-state index in [1.807, 2.05) is 0 Å². The van der Waals surface area contributed by atoms with E-state index in [0.717, 1.165) is 0 Å². The maximum atomic E-state index is 12.9. The largest absolute Gasteiger partial charge is 0.462 e. The Bertz CT molecular complexity index is 648. The van der Waals surface area contributed by atoms with Gasteiger partial charge in [0.05, 0.1) is 6.61 Å². The number of fused-ring (bicyclic) bond motifs is 1. The second kappa shape index (κ2) is 6.52. The van der Waals surface area contributed by atoms with E-state index in [0.29, 0.717) is 11.3 Å². The van der Waals surface area contributed by atoms with Crippen molar-refractivity contribution in [2.45, 2.75) is 12.6 Å². The maximum Gasteiger partial charge on any atom is 0.342 e. The summed E-state index contributed by atoms with van der Waals surface area (Å²) in [5.74, 6) is -0.488. The average molecular weight is 327 g/mol. The van der Waals surface area contributed by atoms with Gasteiger partial charge < -0.3 is 24.3 Å². The van der Waals surface area contributed by atoms with Gasteiger partial charge in [-0.15, -0.1) is 0 Å². The summed E-state index contributed by atoms with van der Waals surface area (Å²) in [5, 5.41) is 0. The number of carbonyl (C=O) groups excluding carboxylic acids is 1. The minimum Gasteiger partial charge on any atom is -0.462 e. The maximum absolute atomic E-state index is 12.9. The van der Waals surface area contributed by atoms with Gasteiger partial charge in [0.25, 0.3) is 0 Å². The lowest BCUT2D eigenvalue weighted by molar-refractivity contribution is -0.139. The quantitative estimate of drug-likeness (QED) is 0.655. The summed E-state index contributed by atoms with van der Waals surface area (Å²) >= 11 is 0. The van der Waals surface area contributed by atoms with Gasteiger partial charge in [-0.25, -0.2) is 4.79 Å². The van der Waals surface area contributed by atoms with Crippen LogP contribution in [0, 0.1) is 0 Å². The first kappa shape index (κ1) is 16.5. The van der Waals surface area contributed by atoms with Crippen LogP contribution < -0.4 is 10.5 Å². The van der Waals surface area contributed by atoms with Crippen molar-refractivity contribution in [3.63, 3.8) is 0 Å². The molecule has 0 bridgehead atoms. The van der Waals surface area contributed by atoms with Crippen LogP contribution in [0.4, 0.5) is 0 Å². The lowest BCUT2D eigenvalue weighted by atomic mass is 10.0. The molecule has 1 heterocycles. The fourth-order valence-corrected chi connectivity index (χ4v) is 3.97. The monoisotopic (exact) mass is 327 g/mol. The minimum absolute atomic E-state index is 0.0624. The average Bonchev–Trinajstić information content (AvgIpc) is 2.53. The molecule has 1 aliphatic rings. The number of nitrogens with two attached hydrogens (primary N) is 1. The lowest BCUT2D eigenvalue weighted by Crippen LogP contribution is -2.27.